The number of rotatable bonds is 9. The first-order chi connectivity index (χ1) is 13.6. The lowest BCUT2D eigenvalue weighted by molar-refractivity contribution is 0.263. The Labute approximate surface area is 171 Å². The fourth-order valence-electron chi connectivity index (χ4n) is 2.66. The molecule has 2 N–H and O–H groups in total. The van der Waals surface area contributed by atoms with Crippen LogP contribution in [0.3, 0.4) is 0 Å². The van der Waals surface area contributed by atoms with Crippen LogP contribution in [-0.2, 0) is 6.54 Å². The molecule has 0 fully saturated rings. The van der Waals surface area contributed by atoms with Crippen LogP contribution < -0.4 is 15.4 Å². The molecule has 0 saturated heterocycles. The monoisotopic (exact) mass is 396 g/mol. The quantitative estimate of drug-likeness (QED) is 0.531. The molecule has 0 spiro atoms. The maximum atomic E-state index is 6.27. The molecule has 2 aromatic carbocycles. The number of para-hydroxylation sites is 1. The summed E-state index contributed by atoms with van der Waals surface area (Å²) in [5, 5.41) is 7.33. The summed E-state index contributed by atoms with van der Waals surface area (Å²) in [5.41, 5.74) is 2.94. The third-order valence-electron chi connectivity index (χ3n) is 4.14. The smallest absolute Gasteiger partial charge is 0.165 e. The molecular formula is C22H25ClN4O. The molecule has 1 heterocycles. The molecule has 0 aliphatic rings. The van der Waals surface area contributed by atoms with Crippen LogP contribution in [0.25, 0.3) is 0 Å². The topological polar surface area (TPSA) is 49.4 Å². The summed E-state index contributed by atoms with van der Waals surface area (Å²) in [4.78, 5) is 6.41. The molecular weight excluding hydrogens is 372 g/mol. The first kappa shape index (κ1) is 20.0. The van der Waals surface area contributed by atoms with E-state index in [-0.39, 0.29) is 0 Å². The fraction of sp³-hybridized carbons (Fsp3) is 0.227. The molecule has 6 heteroatoms. The molecule has 0 radical (unpaired) electrons. The average molecular weight is 397 g/mol. The van der Waals surface area contributed by atoms with Crippen molar-refractivity contribution in [1.29, 1.82) is 0 Å². The number of likely N-dealkylation sites (N-methyl/N-ethyl adjacent to an activating group) is 1. The lowest BCUT2D eigenvalue weighted by Gasteiger charge is -2.19. The van der Waals surface area contributed by atoms with Gasteiger partial charge in [0.1, 0.15) is 12.4 Å². The van der Waals surface area contributed by atoms with E-state index in [1.165, 1.54) is 5.56 Å². The van der Waals surface area contributed by atoms with Crippen molar-refractivity contribution >= 4 is 28.8 Å². The SMILES string of the molecule is CN(C)CCOc1c(NCc2ccccc2)cccc1Nc1ncccc1Cl. The van der Waals surface area contributed by atoms with Crippen LogP contribution in [0.5, 0.6) is 5.75 Å². The third-order valence-corrected chi connectivity index (χ3v) is 4.44. The van der Waals surface area contributed by atoms with Crippen LogP contribution in [-0.4, -0.2) is 37.1 Å². The second-order valence-electron chi connectivity index (χ2n) is 6.63. The van der Waals surface area contributed by atoms with Crippen molar-refractivity contribution in [3.63, 3.8) is 0 Å². The molecule has 3 rings (SSSR count). The van der Waals surface area contributed by atoms with Crippen LogP contribution in [0.4, 0.5) is 17.2 Å². The van der Waals surface area contributed by atoms with Gasteiger partial charge >= 0.3 is 0 Å². The van der Waals surface area contributed by atoms with Crippen molar-refractivity contribution < 1.29 is 4.74 Å². The number of hydrogen-bond acceptors (Lipinski definition) is 5. The molecule has 0 bridgehead atoms. The van der Waals surface area contributed by atoms with E-state index in [1.54, 1.807) is 18.3 Å². The molecule has 0 atom stereocenters. The van der Waals surface area contributed by atoms with Crippen molar-refractivity contribution in [3.8, 4) is 5.75 Å². The van der Waals surface area contributed by atoms with E-state index in [9.17, 15) is 0 Å². The van der Waals surface area contributed by atoms with E-state index in [2.05, 4.69) is 32.7 Å². The Bertz CT molecular complexity index is 887. The highest BCUT2D eigenvalue weighted by atomic mass is 35.5. The lowest BCUT2D eigenvalue weighted by Crippen LogP contribution is -2.20. The van der Waals surface area contributed by atoms with Gasteiger partial charge in [0.25, 0.3) is 0 Å². The average Bonchev–Trinajstić information content (AvgIpc) is 2.70. The summed E-state index contributed by atoms with van der Waals surface area (Å²) >= 11 is 6.27. The van der Waals surface area contributed by atoms with Gasteiger partial charge in [-0.25, -0.2) is 4.98 Å². The number of halogens is 1. The summed E-state index contributed by atoms with van der Waals surface area (Å²) in [7, 11) is 4.05. The highest BCUT2D eigenvalue weighted by molar-refractivity contribution is 6.33. The maximum absolute atomic E-state index is 6.27. The van der Waals surface area contributed by atoms with Gasteiger partial charge in [-0.3, -0.25) is 0 Å². The molecule has 0 aliphatic carbocycles. The summed E-state index contributed by atoms with van der Waals surface area (Å²) in [5.74, 6) is 1.35. The van der Waals surface area contributed by atoms with E-state index in [4.69, 9.17) is 16.3 Å². The van der Waals surface area contributed by atoms with E-state index >= 15 is 0 Å². The van der Waals surface area contributed by atoms with Crippen LogP contribution in [0, 0.1) is 0 Å². The first-order valence-corrected chi connectivity index (χ1v) is 9.57. The highest BCUT2D eigenvalue weighted by Crippen LogP contribution is 2.36. The van der Waals surface area contributed by atoms with Crippen LogP contribution in [0.15, 0.2) is 66.9 Å². The molecule has 0 saturated carbocycles. The minimum Gasteiger partial charge on any atom is -0.488 e. The van der Waals surface area contributed by atoms with Crippen molar-refractivity contribution in [2.45, 2.75) is 6.54 Å². The number of benzene rings is 2. The molecule has 1 aromatic heterocycles. The van der Waals surface area contributed by atoms with Crippen LogP contribution in [0.2, 0.25) is 5.02 Å². The lowest BCUT2D eigenvalue weighted by atomic mass is 10.2. The fourth-order valence-corrected chi connectivity index (χ4v) is 2.83. The number of aromatic nitrogens is 1. The number of ether oxygens (including phenoxy) is 1. The van der Waals surface area contributed by atoms with Gasteiger partial charge in [-0.1, -0.05) is 48.0 Å². The Morgan fingerprint density at radius 3 is 2.50 bits per heavy atom. The zero-order chi connectivity index (χ0) is 19.8. The van der Waals surface area contributed by atoms with Crippen molar-refractivity contribution in [2.24, 2.45) is 0 Å². The Morgan fingerprint density at radius 2 is 1.75 bits per heavy atom. The molecule has 3 aromatic rings. The first-order valence-electron chi connectivity index (χ1n) is 9.19. The normalized spacial score (nSPS) is 10.7. The van der Waals surface area contributed by atoms with E-state index in [0.29, 0.717) is 24.0 Å². The van der Waals surface area contributed by atoms with Crippen molar-refractivity contribution in [1.82, 2.24) is 9.88 Å². The van der Waals surface area contributed by atoms with Gasteiger partial charge < -0.3 is 20.3 Å². The Morgan fingerprint density at radius 1 is 0.964 bits per heavy atom. The molecule has 28 heavy (non-hydrogen) atoms. The van der Waals surface area contributed by atoms with Crippen LogP contribution in [0.1, 0.15) is 5.56 Å². The second-order valence-corrected chi connectivity index (χ2v) is 7.04. The van der Waals surface area contributed by atoms with Crippen LogP contribution >= 0.6 is 11.6 Å². The zero-order valence-corrected chi connectivity index (χ0v) is 16.9. The van der Waals surface area contributed by atoms with Crippen molar-refractivity contribution in [2.75, 3.05) is 37.9 Å². The third kappa shape index (κ3) is 5.62. The van der Waals surface area contributed by atoms with E-state index < -0.39 is 0 Å². The number of hydrogen-bond donors (Lipinski definition) is 2. The van der Waals surface area contributed by atoms with Crippen molar-refractivity contribution in [3.05, 3.63) is 77.4 Å². The largest absolute Gasteiger partial charge is 0.488 e. The summed E-state index contributed by atoms with van der Waals surface area (Å²) in [6, 6.07) is 19.8. The minimum atomic E-state index is 0.560. The van der Waals surface area contributed by atoms with Gasteiger partial charge in [-0.15, -0.1) is 0 Å². The summed E-state index contributed by atoms with van der Waals surface area (Å²) in [6.45, 7) is 2.09. The summed E-state index contributed by atoms with van der Waals surface area (Å²) in [6.07, 6.45) is 1.71. The Hall–Kier alpha value is -2.76. The molecule has 146 valence electrons. The van der Waals surface area contributed by atoms with Gasteiger partial charge in [0.05, 0.1) is 16.4 Å². The standard InChI is InChI=1S/C22H25ClN4O/c1-27(2)14-15-28-21-19(25-16-17-8-4-3-5-9-17)11-6-12-20(21)26-22-18(23)10-7-13-24-22/h3-13,25H,14-16H2,1-2H3,(H,24,26). The predicted octanol–water partition coefficient (Wildman–Crippen LogP) is 5.03. The second kappa shape index (κ2) is 9.97. The number of anilines is 3. The molecule has 0 unspecified atom stereocenters. The predicted molar refractivity (Wildman–Crippen MR) is 117 cm³/mol. The number of pyridine rings is 1. The summed E-state index contributed by atoms with van der Waals surface area (Å²) < 4.78 is 6.14. The van der Waals surface area contributed by atoms with Gasteiger partial charge in [0.15, 0.2) is 5.75 Å². The Balaban J connectivity index is 1.83. The molecule has 0 amide bonds. The van der Waals surface area contributed by atoms with Gasteiger partial charge in [0, 0.05) is 19.3 Å². The highest BCUT2D eigenvalue weighted by Gasteiger charge is 2.12. The maximum Gasteiger partial charge on any atom is 0.165 e. The molecule has 5 nitrogen and oxygen atoms in total. The number of nitrogens with zero attached hydrogens (tertiary/aromatic N) is 2. The van der Waals surface area contributed by atoms with Gasteiger partial charge in [0.2, 0.25) is 0 Å². The molecule has 0 aliphatic heterocycles. The zero-order valence-electron chi connectivity index (χ0n) is 16.2. The van der Waals surface area contributed by atoms with Gasteiger partial charge in [-0.05, 0) is 43.9 Å². The van der Waals surface area contributed by atoms with Gasteiger partial charge in [-0.2, -0.15) is 0 Å². The Kier molecular flexibility index (Phi) is 7.12. The van der Waals surface area contributed by atoms with E-state index in [0.717, 1.165) is 23.7 Å². The minimum absolute atomic E-state index is 0.560. The van der Waals surface area contributed by atoms with E-state index in [1.807, 2.05) is 50.5 Å². The number of nitrogens with one attached hydrogen (secondary N) is 2.